The van der Waals surface area contributed by atoms with E-state index in [1.807, 2.05) is 0 Å². The molecule has 0 unspecified atom stereocenters. The number of carbonyl (C=O) groups is 1. The molecule has 5 aromatic rings. The summed E-state index contributed by atoms with van der Waals surface area (Å²) in [6, 6.07) is 8.62. The number of amides is 1. The SMILES string of the molecule is O=C(Nc1c[nH]ccc1=O)c1ccc([N+](=O)[O-])s1.O=[N+]([O-])c1ccc(-c2nc3cnccc3o2)s1. The number of hydrogen-bond donors (Lipinski definition) is 2. The van der Waals surface area contributed by atoms with Gasteiger partial charge in [0.05, 0.1) is 25.8 Å². The lowest BCUT2D eigenvalue weighted by atomic mass is 10.3. The highest BCUT2D eigenvalue weighted by Crippen LogP contribution is 2.33. The summed E-state index contributed by atoms with van der Waals surface area (Å²) in [4.78, 5) is 54.7. The van der Waals surface area contributed by atoms with Crippen LogP contribution in [-0.2, 0) is 0 Å². The minimum atomic E-state index is -0.573. The number of hydrogen-bond acceptors (Lipinski definition) is 11. The molecule has 0 aliphatic heterocycles. The van der Waals surface area contributed by atoms with E-state index in [4.69, 9.17) is 4.42 Å². The maximum atomic E-state index is 11.7. The molecule has 0 aliphatic carbocycles. The van der Waals surface area contributed by atoms with Crippen LogP contribution in [0.25, 0.3) is 21.9 Å². The van der Waals surface area contributed by atoms with E-state index in [9.17, 15) is 29.8 Å². The van der Waals surface area contributed by atoms with Crippen LogP contribution in [0, 0.1) is 20.2 Å². The third-order valence-electron chi connectivity index (χ3n) is 4.24. The molecular weight excluding hydrogens is 500 g/mol. The molecule has 0 saturated carbocycles. The molecule has 0 saturated heterocycles. The fourth-order valence-electron chi connectivity index (χ4n) is 2.67. The number of pyridine rings is 2. The molecular formula is C20H12N6O7S2. The van der Waals surface area contributed by atoms with Gasteiger partial charge in [-0.15, -0.1) is 0 Å². The molecule has 0 spiro atoms. The van der Waals surface area contributed by atoms with Crippen LogP contribution in [0.1, 0.15) is 9.67 Å². The molecule has 5 heterocycles. The Kier molecular flexibility index (Phi) is 6.70. The maximum absolute atomic E-state index is 11.7. The molecule has 2 N–H and O–H groups in total. The highest BCUT2D eigenvalue weighted by molar-refractivity contribution is 7.18. The first-order chi connectivity index (χ1) is 16.8. The minimum absolute atomic E-state index is 0.0698. The number of oxazole rings is 1. The molecule has 13 nitrogen and oxygen atoms in total. The van der Waals surface area contributed by atoms with E-state index in [-0.39, 0.29) is 26.0 Å². The summed E-state index contributed by atoms with van der Waals surface area (Å²) in [7, 11) is 0. The van der Waals surface area contributed by atoms with Gasteiger partial charge >= 0.3 is 10.0 Å². The van der Waals surface area contributed by atoms with Crippen molar-refractivity contribution in [3.8, 4) is 10.8 Å². The van der Waals surface area contributed by atoms with Gasteiger partial charge in [-0.25, -0.2) is 4.98 Å². The van der Waals surface area contributed by atoms with Crippen LogP contribution in [0.2, 0.25) is 0 Å². The minimum Gasteiger partial charge on any atom is -0.435 e. The van der Waals surface area contributed by atoms with Gasteiger partial charge in [0, 0.05) is 42.9 Å². The topological polar surface area (TPSA) is 187 Å². The Hall–Kier alpha value is -4.76. The Bertz CT molecular complexity index is 1570. The molecule has 35 heavy (non-hydrogen) atoms. The largest absolute Gasteiger partial charge is 0.435 e. The van der Waals surface area contributed by atoms with Crippen molar-refractivity contribution in [1.82, 2.24) is 15.0 Å². The number of anilines is 1. The summed E-state index contributed by atoms with van der Waals surface area (Å²) < 4.78 is 5.48. The first-order valence-electron chi connectivity index (χ1n) is 9.49. The van der Waals surface area contributed by atoms with E-state index in [2.05, 4.69) is 20.3 Å². The van der Waals surface area contributed by atoms with Gasteiger partial charge in [-0.2, -0.15) is 0 Å². The van der Waals surface area contributed by atoms with Crippen molar-refractivity contribution in [1.29, 1.82) is 0 Å². The molecule has 5 aromatic heterocycles. The summed E-state index contributed by atoms with van der Waals surface area (Å²) in [5.74, 6) is -0.170. The van der Waals surface area contributed by atoms with Gasteiger partial charge in [0.25, 0.3) is 5.91 Å². The van der Waals surface area contributed by atoms with Crippen molar-refractivity contribution >= 4 is 55.4 Å². The predicted octanol–water partition coefficient (Wildman–Crippen LogP) is 4.46. The van der Waals surface area contributed by atoms with E-state index in [0.29, 0.717) is 21.9 Å². The van der Waals surface area contributed by atoms with Crippen LogP contribution < -0.4 is 10.7 Å². The fraction of sp³-hybridized carbons (Fsp3) is 0. The molecule has 1 amide bonds. The van der Waals surface area contributed by atoms with Crippen LogP contribution in [0.5, 0.6) is 0 Å². The normalized spacial score (nSPS) is 10.4. The lowest BCUT2D eigenvalue weighted by Crippen LogP contribution is -2.16. The van der Waals surface area contributed by atoms with Crippen LogP contribution >= 0.6 is 22.7 Å². The van der Waals surface area contributed by atoms with Crippen LogP contribution in [-0.4, -0.2) is 30.7 Å². The number of nitrogens with one attached hydrogen (secondary N) is 2. The first kappa shape index (κ1) is 23.4. The van der Waals surface area contributed by atoms with E-state index in [0.717, 1.165) is 22.7 Å². The molecule has 0 radical (unpaired) electrons. The van der Waals surface area contributed by atoms with E-state index in [1.54, 1.807) is 24.5 Å². The van der Waals surface area contributed by atoms with Gasteiger partial charge in [-0.05, 0) is 12.1 Å². The molecule has 176 valence electrons. The number of fused-ring (bicyclic) bond motifs is 1. The molecule has 5 rings (SSSR count). The zero-order valence-corrected chi connectivity index (χ0v) is 18.9. The second-order valence-electron chi connectivity index (χ2n) is 6.53. The number of H-pyrrole nitrogens is 1. The Balaban J connectivity index is 0.000000165. The molecule has 0 fully saturated rings. The smallest absolute Gasteiger partial charge is 0.324 e. The van der Waals surface area contributed by atoms with Crippen molar-refractivity contribution < 1.29 is 19.1 Å². The Labute approximate surface area is 202 Å². The first-order valence-corrected chi connectivity index (χ1v) is 11.1. The van der Waals surface area contributed by atoms with Gasteiger partial charge in [-0.3, -0.25) is 34.8 Å². The van der Waals surface area contributed by atoms with E-state index in [1.165, 1.54) is 36.7 Å². The molecule has 15 heteroatoms. The Morgan fingerprint density at radius 1 is 1.03 bits per heavy atom. The van der Waals surface area contributed by atoms with Gasteiger partial charge in [0.15, 0.2) is 5.58 Å². The lowest BCUT2D eigenvalue weighted by molar-refractivity contribution is -0.380. The third-order valence-corrected chi connectivity index (χ3v) is 6.30. The number of nitro groups is 2. The number of aromatic nitrogens is 3. The van der Waals surface area contributed by atoms with Crippen LogP contribution in [0.4, 0.5) is 15.7 Å². The van der Waals surface area contributed by atoms with Crippen molar-refractivity contribution in [3.05, 3.63) is 96.5 Å². The number of thiophene rings is 2. The summed E-state index contributed by atoms with van der Waals surface area (Å²) in [5.41, 5.74) is 1.01. The zero-order valence-electron chi connectivity index (χ0n) is 17.2. The highest BCUT2D eigenvalue weighted by Gasteiger charge is 2.16. The van der Waals surface area contributed by atoms with Gasteiger partial charge in [-0.1, -0.05) is 22.7 Å². The van der Waals surface area contributed by atoms with E-state index < -0.39 is 15.8 Å². The Morgan fingerprint density at radius 3 is 2.43 bits per heavy atom. The maximum Gasteiger partial charge on any atom is 0.324 e. The van der Waals surface area contributed by atoms with E-state index >= 15 is 0 Å². The van der Waals surface area contributed by atoms with Crippen molar-refractivity contribution in [2.24, 2.45) is 0 Å². The Morgan fingerprint density at radius 2 is 1.77 bits per heavy atom. The number of rotatable bonds is 5. The van der Waals surface area contributed by atoms with Gasteiger partial charge in [0.2, 0.25) is 11.3 Å². The summed E-state index contributed by atoms with van der Waals surface area (Å²) in [5, 5.41) is 23.4. The number of nitrogens with zero attached hydrogens (tertiary/aromatic N) is 4. The molecule has 0 bridgehead atoms. The highest BCUT2D eigenvalue weighted by atomic mass is 32.1. The summed E-state index contributed by atoms with van der Waals surface area (Å²) >= 11 is 1.78. The lowest BCUT2D eigenvalue weighted by Gasteiger charge is -2.00. The second kappa shape index (κ2) is 10.0. The van der Waals surface area contributed by atoms with Crippen LogP contribution in [0.15, 0.2) is 70.4 Å². The van der Waals surface area contributed by atoms with Crippen LogP contribution in [0.3, 0.4) is 0 Å². The van der Waals surface area contributed by atoms with Gasteiger partial charge < -0.3 is 14.7 Å². The van der Waals surface area contributed by atoms with Gasteiger partial charge in [0.1, 0.15) is 11.2 Å². The third kappa shape index (κ3) is 5.43. The van der Waals surface area contributed by atoms with Crippen molar-refractivity contribution in [3.63, 3.8) is 0 Å². The summed E-state index contributed by atoms with van der Waals surface area (Å²) in [6.07, 6.45) is 5.98. The van der Waals surface area contributed by atoms with Crippen molar-refractivity contribution in [2.45, 2.75) is 0 Å². The second-order valence-corrected chi connectivity index (χ2v) is 8.65. The average molecular weight is 512 g/mol. The predicted molar refractivity (Wildman–Crippen MR) is 128 cm³/mol. The van der Waals surface area contributed by atoms with Crippen molar-refractivity contribution in [2.75, 3.05) is 5.32 Å². The molecule has 0 atom stereocenters. The zero-order chi connectivity index (χ0) is 24.9. The molecule has 0 aliphatic rings. The standard InChI is InChI=1S/C10H7N3O4S.C10H5N3O3S/c14-7-3-4-11-5-6(7)12-10(15)8-1-2-9(18-8)13(16)17;14-13(15)9-2-1-8(17-9)10-12-6-5-11-4-3-7(6)16-10/h1-5H,(H,11,14)(H,12,15);1-5H. The number of aromatic amines is 1. The quantitative estimate of drug-likeness (QED) is 0.253. The monoisotopic (exact) mass is 512 g/mol. The number of carbonyl (C=O) groups excluding carboxylic acids is 1. The molecule has 0 aromatic carbocycles. The fourth-order valence-corrected chi connectivity index (χ4v) is 4.13. The summed E-state index contributed by atoms with van der Waals surface area (Å²) in [6.45, 7) is 0. The average Bonchev–Trinajstić information content (AvgIpc) is 3.59.